The first-order valence-electron chi connectivity index (χ1n) is 26.9. The van der Waals surface area contributed by atoms with E-state index in [1.165, 1.54) is 0 Å². The van der Waals surface area contributed by atoms with Crippen LogP contribution in [0.5, 0.6) is 0 Å². The van der Waals surface area contributed by atoms with E-state index in [1.807, 2.05) is 7.05 Å². The lowest BCUT2D eigenvalue weighted by molar-refractivity contribution is -0.155. The molecule has 2 rings (SSSR count). The van der Waals surface area contributed by atoms with Crippen LogP contribution in [0.2, 0.25) is 0 Å². The van der Waals surface area contributed by atoms with Crippen LogP contribution in [0.1, 0.15) is 201 Å². The topological polar surface area (TPSA) is 162 Å². The van der Waals surface area contributed by atoms with Crippen LogP contribution >= 0.6 is 0 Å². The molecule has 14 heteroatoms. The Hall–Kier alpha value is -2.81. The molecule has 0 saturated carbocycles. The smallest absolute Gasteiger partial charge is 0.310 e. The van der Waals surface area contributed by atoms with E-state index >= 15 is 0 Å². The Morgan fingerprint density at radius 2 is 0.910 bits per heavy atom. The number of nitrogens with zero attached hydrogens (tertiary/aromatic N) is 1. The zero-order valence-electron chi connectivity index (χ0n) is 42.9. The minimum absolute atomic E-state index is 0.00412. The Balaban J connectivity index is 2.09. The fourth-order valence-corrected chi connectivity index (χ4v) is 8.37. The molecule has 0 aromatic rings. The zero-order chi connectivity index (χ0) is 48.7. The van der Waals surface area contributed by atoms with Crippen molar-refractivity contribution >= 4 is 29.8 Å². The summed E-state index contributed by atoms with van der Waals surface area (Å²) in [5.74, 6) is -2.04. The third kappa shape index (κ3) is 30.4. The van der Waals surface area contributed by atoms with Gasteiger partial charge in [-0.2, -0.15) is 0 Å². The Kier molecular flexibility index (Phi) is 36.0. The number of carbonyl (C=O) groups is 5. The number of rotatable bonds is 43. The maximum absolute atomic E-state index is 13.1. The van der Waals surface area contributed by atoms with Gasteiger partial charge in [-0.1, -0.05) is 130 Å². The molecule has 2 fully saturated rings. The summed E-state index contributed by atoms with van der Waals surface area (Å²) < 4.78 is 47.7. The van der Waals surface area contributed by atoms with Crippen LogP contribution in [0.3, 0.4) is 0 Å². The van der Waals surface area contributed by atoms with Gasteiger partial charge in [-0.05, 0) is 58.5 Å². The minimum Gasteiger partial charge on any atom is -0.465 e. The molecule has 2 saturated heterocycles. The summed E-state index contributed by atoms with van der Waals surface area (Å²) in [6, 6.07) is 0. The van der Waals surface area contributed by atoms with Crippen LogP contribution in [0.4, 0.5) is 0 Å². The van der Waals surface area contributed by atoms with Gasteiger partial charge in [0.05, 0.1) is 39.0 Å². The Morgan fingerprint density at radius 1 is 0.522 bits per heavy atom. The first-order chi connectivity index (χ1) is 32.6. The molecule has 2 heterocycles. The predicted molar refractivity (Wildman–Crippen MR) is 259 cm³/mol. The molecular formula is C53H95NO13. The second-order valence-electron chi connectivity index (χ2n) is 19.2. The van der Waals surface area contributed by atoms with Crippen LogP contribution in [0, 0.1) is 17.8 Å². The highest BCUT2D eigenvalue weighted by molar-refractivity contribution is 5.73. The minimum atomic E-state index is -0.592. The van der Waals surface area contributed by atoms with Gasteiger partial charge < -0.3 is 42.8 Å². The molecule has 0 bridgehead atoms. The van der Waals surface area contributed by atoms with Crippen molar-refractivity contribution < 1.29 is 61.9 Å². The maximum Gasteiger partial charge on any atom is 0.310 e. The number of unbranched alkanes of at least 4 members (excludes halogenated alkanes) is 16. The fraction of sp³-hybridized carbons (Fsp3) is 0.906. The van der Waals surface area contributed by atoms with E-state index in [1.54, 1.807) is 0 Å². The monoisotopic (exact) mass is 954 g/mol. The molecule has 2 aliphatic rings. The summed E-state index contributed by atoms with van der Waals surface area (Å²) >= 11 is 0. The van der Waals surface area contributed by atoms with Crippen molar-refractivity contribution in [3.05, 3.63) is 0 Å². The van der Waals surface area contributed by atoms with Gasteiger partial charge in [0.2, 0.25) is 0 Å². The second kappa shape index (κ2) is 40.0. The van der Waals surface area contributed by atoms with Gasteiger partial charge in [-0.15, -0.1) is 0 Å². The molecule has 2 aliphatic heterocycles. The highest BCUT2D eigenvalue weighted by Gasteiger charge is 2.41. The van der Waals surface area contributed by atoms with Crippen molar-refractivity contribution in [1.82, 2.24) is 4.90 Å². The van der Waals surface area contributed by atoms with E-state index in [9.17, 15) is 24.0 Å². The Morgan fingerprint density at radius 3 is 1.28 bits per heavy atom. The standard InChI is InChI=1S/C53H95NO13/c1-6-10-14-18-22-26-48(55)63-37-43(38-64-49(56)27-23-19-15-11-7-2)31-34-60-46-41-62-47(42-67-53(59)45-30-33-54(5)36-45)52(46)61-35-32-44(39-65-50(57)28-24-20-16-12-8-3)40-66-51(58)29-25-21-17-13-9-4/h43-47,52H,6-42H2,1-5H3/t45?,46-,47?,52+/m0/s1. The number of hydrogen-bond donors (Lipinski definition) is 0. The fourth-order valence-electron chi connectivity index (χ4n) is 8.37. The van der Waals surface area contributed by atoms with Crippen LogP contribution in [-0.4, -0.2) is 126 Å². The van der Waals surface area contributed by atoms with Crippen molar-refractivity contribution in [2.24, 2.45) is 17.8 Å². The quantitative estimate of drug-likeness (QED) is 0.0322. The van der Waals surface area contributed by atoms with Crippen molar-refractivity contribution in [2.45, 2.75) is 219 Å². The third-order valence-corrected chi connectivity index (χ3v) is 12.9. The number of likely N-dealkylation sites (tertiary alicyclic amines) is 1. The van der Waals surface area contributed by atoms with Gasteiger partial charge >= 0.3 is 29.8 Å². The number of ether oxygens (including phenoxy) is 8. The normalized spacial score (nSPS) is 18.4. The molecular weight excluding hydrogens is 859 g/mol. The molecule has 0 radical (unpaired) electrons. The zero-order valence-corrected chi connectivity index (χ0v) is 42.9. The molecule has 390 valence electrons. The summed E-state index contributed by atoms with van der Waals surface area (Å²) in [5.41, 5.74) is 0. The summed E-state index contributed by atoms with van der Waals surface area (Å²) in [6.07, 6.45) is 21.9. The number of hydrogen-bond acceptors (Lipinski definition) is 14. The van der Waals surface area contributed by atoms with Gasteiger partial charge in [-0.25, -0.2) is 0 Å². The SMILES string of the molecule is CCCCCCCC(=O)OCC(CCO[C@H]1COC(COC(=O)C2CCN(C)C2)[C@@H]1OCCC(COC(=O)CCCCCCC)COC(=O)CCCCCCC)COC(=O)CCCCCCC. The van der Waals surface area contributed by atoms with Crippen molar-refractivity contribution in [3.63, 3.8) is 0 Å². The summed E-state index contributed by atoms with van der Waals surface area (Å²) in [4.78, 5) is 65.9. The average molecular weight is 954 g/mol. The summed E-state index contributed by atoms with van der Waals surface area (Å²) in [5, 5.41) is 0. The van der Waals surface area contributed by atoms with Crippen molar-refractivity contribution in [1.29, 1.82) is 0 Å². The van der Waals surface area contributed by atoms with E-state index in [0.717, 1.165) is 141 Å². The highest BCUT2D eigenvalue weighted by atomic mass is 16.6. The molecule has 0 spiro atoms. The van der Waals surface area contributed by atoms with Crippen LogP contribution in [-0.2, 0) is 61.9 Å². The van der Waals surface area contributed by atoms with E-state index in [4.69, 9.17) is 37.9 Å². The highest BCUT2D eigenvalue weighted by Crippen LogP contribution is 2.25. The van der Waals surface area contributed by atoms with E-state index in [2.05, 4.69) is 32.6 Å². The van der Waals surface area contributed by atoms with Gasteiger partial charge in [0.1, 0.15) is 24.9 Å². The third-order valence-electron chi connectivity index (χ3n) is 12.9. The van der Waals surface area contributed by atoms with E-state index in [0.29, 0.717) is 45.1 Å². The molecule has 0 amide bonds. The lowest BCUT2D eigenvalue weighted by Gasteiger charge is -2.26. The molecule has 0 aromatic heterocycles. The van der Waals surface area contributed by atoms with Gasteiger partial charge in [0.25, 0.3) is 0 Å². The van der Waals surface area contributed by atoms with Crippen LogP contribution in [0.25, 0.3) is 0 Å². The lowest BCUT2D eigenvalue weighted by Crippen LogP contribution is -2.39. The molecule has 4 atom stereocenters. The molecule has 14 nitrogen and oxygen atoms in total. The van der Waals surface area contributed by atoms with Crippen LogP contribution < -0.4 is 0 Å². The average Bonchev–Trinajstić information content (AvgIpc) is 3.94. The lowest BCUT2D eigenvalue weighted by atomic mass is 10.1. The summed E-state index contributed by atoms with van der Waals surface area (Å²) in [6.45, 7) is 11.3. The van der Waals surface area contributed by atoms with Crippen LogP contribution in [0.15, 0.2) is 0 Å². The van der Waals surface area contributed by atoms with E-state index < -0.39 is 18.3 Å². The summed E-state index contributed by atoms with van der Waals surface area (Å²) in [7, 11) is 1.99. The molecule has 0 aromatic carbocycles. The number of carbonyl (C=O) groups excluding carboxylic acids is 5. The molecule has 0 aliphatic carbocycles. The molecule has 2 unspecified atom stereocenters. The van der Waals surface area contributed by atoms with Gasteiger partial charge in [-0.3, -0.25) is 24.0 Å². The van der Waals surface area contributed by atoms with Gasteiger partial charge in [0, 0.05) is 57.3 Å². The molecule has 0 N–H and O–H groups in total. The Labute approximate surface area is 405 Å². The van der Waals surface area contributed by atoms with Crippen molar-refractivity contribution in [2.75, 3.05) is 73.0 Å². The van der Waals surface area contributed by atoms with E-state index in [-0.39, 0.29) is 100 Å². The van der Waals surface area contributed by atoms with Crippen molar-refractivity contribution in [3.8, 4) is 0 Å². The Bertz CT molecular complexity index is 1240. The molecule has 67 heavy (non-hydrogen) atoms. The largest absolute Gasteiger partial charge is 0.465 e. The first-order valence-corrected chi connectivity index (χ1v) is 26.9. The van der Waals surface area contributed by atoms with Gasteiger partial charge in [0.15, 0.2) is 0 Å². The maximum atomic E-state index is 13.1. The first kappa shape index (κ1) is 60.3. The predicted octanol–water partition coefficient (Wildman–Crippen LogP) is 10.3. The second-order valence-corrected chi connectivity index (χ2v) is 19.2. The number of esters is 5.